The molecule has 0 aromatic carbocycles. The number of aliphatic hydroxyl groups is 1. The Morgan fingerprint density at radius 3 is 2.55 bits per heavy atom. The van der Waals surface area contributed by atoms with Gasteiger partial charge in [0.2, 0.25) is 0 Å². The van der Waals surface area contributed by atoms with E-state index in [2.05, 4.69) is 19.2 Å². The van der Waals surface area contributed by atoms with Gasteiger partial charge in [0.1, 0.15) is 0 Å². The molecule has 0 radical (unpaired) electrons. The fourth-order valence-corrected chi connectivity index (χ4v) is 1.95. The third-order valence-electron chi connectivity index (χ3n) is 2.90. The zero-order chi connectivity index (χ0) is 8.48. The monoisotopic (exact) mass is 157 g/mol. The standard InChI is InChI=1S/C9H19NO/c1-7(11)8-6-10-5-4-9(8,2)3/h7-8,10-11H,4-6H2,1-3H3. The van der Waals surface area contributed by atoms with E-state index in [9.17, 15) is 5.11 Å². The Morgan fingerprint density at radius 2 is 2.18 bits per heavy atom. The molecule has 11 heavy (non-hydrogen) atoms. The Hall–Kier alpha value is -0.0800. The summed E-state index contributed by atoms with van der Waals surface area (Å²) in [5.41, 5.74) is 0.305. The average molecular weight is 157 g/mol. The Labute approximate surface area is 69.0 Å². The van der Waals surface area contributed by atoms with Gasteiger partial charge in [-0.25, -0.2) is 0 Å². The molecule has 2 N–H and O–H groups in total. The smallest absolute Gasteiger partial charge is 0.0557 e. The van der Waals surface area contributed by atoms with Gasteiger partial charge >= 0.3 is 0 Å². The summed E-state index contributed by atoms with van der Waals surface area (Å²) in [6.45, 7) is 8.43. The molecule has 1 fully saturated rings. The molecule has 0 saturated carbocycles. The molecule has 1 saturated heterocycles. The lowest BCUT2D eigenvalue weighted by molar-refractivity contribution is 0.0261. The quantitative estimate of drug-likeness (QED) is 0.595. The van der Waals surface area contributed by atoms with Crippen LogP contribution in [0.5, 0.6) is 0 Å². The topological polar surface area (TPSA) is 32.3 Å². The fourth-order valence-electron chi connectivity index (χ4n) is 1.95. The van der Waals surface area contributed by atoms with Crippen LogP contribution in [0.4, 0.5) is 0 Å². The van der Waals surface area contributed by atoms with Crippen LogP contribution in [0.3, 0.4) is 0 Å². The van der Waals surface area contributed by atoms with Gasteiger partial charge in [-0.2, -0.15) is 0 Å². The maximum atomic E-state index is 9.47. The van der Waals surface area contributed by atoms with E-state index in [1.807, 2.05) is 6.92 Å². The second-order valence-corrected chi connectivity index (χ2v) is 4.29. The molecule has 66 valence electrons. The van der Waals surface area contributed by atoms with Crippen LogP contribution < -0.4 is 5.32 Å². The van der Waals surface area contributed by atoms with Crippen LogP contribution in [-0.2, 0) is 0 Å². The highest BCUT2D eigenvalue weighted by Gasteiger charge is 2.34. The normalized spacial score (nSPS) is 33.3. The second kappa shape index (κ2) is 3.11. The Kier molecular flexibility index (Phi) is 2.55. The van der Waals surface area contributed by atoms with Gasteiger partial charge in [0, 0.05) is 12.5 Å². The van der Waals surface area contributed by atoms with Crippen molar-refractivity contribution in [2.75, 3.05) is 13.1 Å². The number of nitrogens with one attached hydrogen (secondary N) is 1. The Bertz CT molecular complexity index is 132. The maximum absolute atomic E-state index is 9.47. The molecular weight excluding hydrogens is 138 g/mol. The molecule has 1 rings (SSSR count). The Balaban J connectivity index is 2.60. The van der Waals surface area contributed by atoms with Crippen LogP contribution in [0.25, 0.3) is 0 Å². The van der Waals surface area contributed by atoms with Crippen LogP contribution in [-0.4, -0.2) is 24.3 Å². The van der Waals surface area contributed by atoms with E-state index in [1.165, 1.54) is 6.42 Å². The van der Waals surface area contributed by atoms with E-state index >= 15 is 0 Å². The van der Waals surface area contributed by atoms with Gasteiger partial charge in [-0.15, -0.1) is 0 Å². The van der Waals surface area contributed by atoms with Gasteiger partial charge in [-0.05, 0) is 25.3 Å². The molecule has 1 aliphatic rings. The summed E-state index contributed by atoms with van der Waals surface area (Å²) in [5.74, 6) is 0.413. The van der Waals surface area contributed by atoms with E-state index in [0.29, 0.717) is 11.3 Å². The summed E-state index contributed by atoms with van der Waals surface area (Å²) in [4.78, 5) is 0. The zero-order valence-electron chi connectivity index (χ0n) is 7.72. The largest absolute Gasteiger partial charge is 0.393 e. The van der Waals surface area contributed by atoms with Crippen molar-refractivity contribution in [1.82, 2.24) is 5.32 Å². The van der Waals surface area contributed by atoms with Crippen molar-refractivity contribution in [3.63, 3.8) is 0 Å². The summed E-state index contributed by atoms with van der Waals surface area (Å²) < 4.78 is 0. The summed E-state index contributed by atoms with van der Waals surface area (Å²) in [6.07, 6.45) is 0.987. The molecule has 0 aliphatic carbocycles. The third-order valence-corrected chi connectivity index (χ3v) is 2.90. The lowest BCUT2D eigenvalue weighted by atomic mass is 9.72. The van der Waals surface area contributed by atoms with Crippen LogP contribution in [0, 0.1) is 11.3 Å². The molecule has 0 spiro atoms. The molecule has 0 aromatic heterocycles. The number of piperidine rings is 1. The van der Waals surface area contributed by atoms with Crippen molar-refractivity contribution in [2.24, 2.45) is 11.3 Å². The zero-order valence-corrected chi connectivity index (χ0v) is 7.72. The van der Waals surface area contributed by atoms with Crippen LogP contribution in [0.2, 0.25) is 0 Å². The molecule has 2 heteroatoms. The van der Waals surface area contributed by atoms with Crippen LogP contribution >= 0.6 is 0 Å². The van der Waals surface area contributed by atoms with E-state index in [4.69, 9.17) is 0 Å². The molecule has 2 atom stereocenters. The lowest BCUT2D eigenvalue weighted by Gasteiger charge is -2.40. The summed E-state index contributed by atoms with van der Waals surface area (Å²) in [7, 11) is 0. The summed E-state index contributed by atoms with van der Waals surface area (Å²) in [5, 5.41) is 12.8. The van der Waals surface area contributed by atoms with Gasteiger partial charge in [0.05, 0.1) is 6.10 Å². The van der Waals surface area contributed by atoms with E-state index in [-0.39, 0.29) is 6.10 Å². The van der Waals surface area contributed by atoms with Gasteiger partial charge in [-0.1, -0.05) is 13.8 Å². The van der Waals surface area contributed by atoms with Gasteiger partial charge in [0.15, 0.2) is 0 Å². The van der Waals surface area contributed by atoms with Crippen molar-refractivity contribution in [2.45, 2.75) is 33.3 Å². The molecule has 1 aliphatic heterocycles. The van der Waals surface area contributed by atoms with Crippen LogP contribution in [0.1, 0.15) is 27.2 Å². The minimum absolute atomic E-state index is 0.183. The lowest BCUT2D eigenvalue weighted by Crippen LogP contribution is -2.46. The summed E-state index contributed by atoms with van der Waals surface area (Å²) >= 11 is 0. The van der Waals surface area contributed by atoms with Gasteiger partial charge in [-0.3, -0.25) is 0 Å². The molecular formula is C9H19NO. The minimum atomic E-state index is -0.183. The molecule has 2 nitrogen and oxygen atoms in total. The highest BCUT2D eigenvalue weighted by molar-refractivity contribution is 4.87. The predicted molar refractivity (Wildman–Crippen MR) is 46.4 cm³/mol. The van der Waals surface area contributed by atoms with E-state index < -0.39 is 0 Å². The number of rotatable bonds is 1. The van der Waals surface area contributed by atoms with Gasteiger partial charge in [0.25, 0.3) is 0 Å². The minimum Gasteiger partial charge on any atom is -0.393 e. The predicted octanol–water partition coefficient (Wildman–Crippen LogP) is 1.00. The van der Waals surface area contributed by atoms with Crippen LogP contribution in [0.15, 0.2) is 0 Å². The average Bonchev–Trinajstić information content (AvgIpc) is 1.85. The van der Waals surface area contributed by atoms with Crippen molar-refractivity contribution >= 4 is 0 Å². The first-order valence-electron chi connectivity index (χ1n) is 4.43. The van der Waals surface area contributed by atoms with Crippen molar-refractivity contribution < 1.29 is 5.11 Å². The third kappa shape index (κ3) is 1.94. The van der Waals surface area contributed by atoms with Crippen molar-refractivity contribution in [3.05, 3.63) is 0 Å². The first-order valence-corrected chi connectivity index (χ1v) is 4.43. The Morgan fingerprint density at radius 1 is 1.55 bits per heavy atom. The fraction of sp³-hybridized carbons (Fsp3) is 1.00. The highest BCUT2D eigenvalue weighted by atomic mass is 16.3. The van der Waals surface area contributed by atoms with Gasteiger partial charge < -0.3 is 10.4 Å². The maximum Gasteiger partial charge on any atom is 0.0557 e. The molecule has 0 amide bonds. The first kappa shape index (κ1) is 9.01. The second-order valence-electron chi connectivity index (χ2n) is 4.29. The molecule has 2 unspecified atom stereocenters. The summed E-state index contributed by atoms with van der Waals surface area (Å²) in [6, 6.07) is 0. The van der Waals surface area contributed by atoms with E-state index in [0.717, 1.165) is 13.1 Å². The van der Waals surface area contributed by atoms with Crippen molar-refractivity contribution in [1.29, 1.82) is 0 Å². The molecule has 0 aromatic rings. The van der Waals surface area contributed by atoms with E-state index in [1.54, 1.807) is 0 Å². The SMILES string of the molecule is CC(O)C1CNCCC1(C)C. The molecule has 1 heterocycles. The number of hydrogen-bond donors (Lipinski definition) is 2. The number of aliphatic hydroxyl groups excluding tert-OH is 1. The first-order chi connectivity index (χ1) is 5.04. The number of hydrogen-bond acceptors (Lipinski definition) is 2. The highest BCUT2D eigenvalue weighted by Crippen LogP contribution is 2.34. The van der Waals surface area contributed by atoms with Crippen molar-refractivity contribution in [3.8, 4) is 0 Å². The molecule has 0 bridgehead atoms.